The quantitative estimate of drug-likeness (QED) is 0.687. The van der Waals surface area contributed by atoms with Crippen LogP contribution in [0.15, 0.2) is 54.6 Å². The summed E-state index contributed by atoms with van der Waals surface area (Å²) in [6, 6.07) is 19.4. The molecule has 0 radical (unpaired) electrons. The molecule has 0 bridgehead atoms. The number of fused-ring (bicyclic) bond motifs is 1. The maximum atomic E-state index is 2.33. The van der Waals surface area contributed by atoms with E-state index >= 15 is 0 Å². The van der Waals surface area contributed by atoms with Gasteiger partial charge in [-0.1, -0.05) is 30.3 Å². The monoisotopic (exact) mass is 236 g/mol. The van der Waals surface area contributed by atoms with Crippen LogP contribution in [0.5, 0.6) is 0 Å². The third-order valence-electron chi connectivity index (χ3n) is 3.99. The Morgan fingerprint density at radius 2 is 1.56 bits per heavy atom. The smallest absolute Gasteiger partial charge is 0.145 e. The molecule has 3 rings (SSSR count). The van der Waals surface area contributed by atoms with Crippen LogP contribution in [0.3, 0.4) is 0 Å². The third-order valence-corrected chi connectivity index (χ3v) is 3.99. The predicted octanol–water partition coefficient (Wildman–Crippen LogP) is 4.16. The minimum absolute atomic E-state index is 0.889. The molecule has 0 spiro atoms. The van der Waals surface area contributed by atoms with Gasteiger partial charge in [-0.15, -0.1) is 0 Å². The molecule has 1 heterocycles. The van der Waals surface area contributed by atoms with Crippen LogP contribution in [-0.2, 0) is 0 Å². The molecule has 18 heavy (non-hydrogen) atoms. The fourth-order valence-electron chi connectivity index (χ4n) is 2.80. The highest BCUT2D eigenvalue weighted by atomic mass is 15.4. The van der Waals surface area contributed by atoms with Crippen molar-refractivity contribution in [3.05, 3.63) is 65.7 Å². The lowest BCUT2D eigenvalue weighted by Crippen LogP contribution is -2.40. The second-order valence-corrected chi connectivity index (χ2v) is 4.96. The van der Waals surface area contributed by atoms with Gasteiger partial charge in [-0.05, 0) is 25.1 Å². The van der Waals surface area contributed by atoms with Gasteiger partial charge in [-0.3, -0.25) is 4.48 Å². The average molecular weight is 236 g/mol. The molecule has 1 heteroatoms. The fourth-order valence-corrected chi connectivity index (χ4v) is 2.80. The fraction of sp³-hybridized carbons (Fsp3) is 0.176. The summed E-state index contributed by atoms with van der Waals surface area (Å²) in [7, 11) is 2.30. The molecule has 1 atom stereocenters. The standard InChI is InChI=1S/C17H18N/c1-3-18(2)16-12-8-7-11-15(16)13-17(18)14-9-5-4-6-10-14/h4-13H,3H2,1-2H3/q+1. The number of quaternary nitrogens is 1. The molecule has 0 fully saturated rings. The molecule has 0 saturated heterocycles. The summed E-state index contributed by atoms with van der Waals surface area (Å²) in [6.07, 6.45) is 2.33. The molecule has 1 aliphatic rings. The summed E-state index contributed by atoms with van der Waals surface area (Å²) in [5.41, 5.74) is 5.46. The summed E-state index contributed by atoms with van der Waals surface area (Å²) >= 11 is 0. The number of nitrogens with zero attached hydrogens (tertiary/aromatic N) is 1. The number of hydrogen-bond acceptors (Lipinski definition) is 0. The molecule has 90 valence electrons. The minimum Gasteiger partial charge on any atom is -0.260 e. The third kappa shape index (κ3) is 1.52. The van der Waals surface area contributed by atoms with E-state index in [1.807, 2.05) is 0 Å². The molecule has 0 saturated carbocycles. The lowest BCUT2D eigenvalue weighted by Gasteiger charge is -2.31. The van der Waals surface area contributed by atoms with Crippen molar-refractivity contribution in [2.24, 2.45) is 0 Å². The van der Waals surface area contributed by atoms with E-state index in [1.165, 1.54) is 22.5 Å². The molecular weight excluding hydrogens is 218 g/mol. The molecule has 1 unspecified atom stereocenters. The number of rotatable bonds is 2. The van der Waals surface area contributed by atoms with Crippen LogP contribution < -0.4 is 4.48 Å². The lowest BCUT2D eigenvalue weighted by molar-refractivity contribution is 0.499. The van der Waals surface area contributed by atoms with Crippen molar-refractivity contribution in [2.75, 3.05) is 13.6 Å². The zero-order chi connectivity index (χ0) is 12.6. The van der Waals surface area contributed by atoms with Gasteiger partial charge in [0, 0.05) is 23.3 Å². The van der Waals surface area contributed by atoms with Crippen LogP contribution in [0.1, 0.15) is 18.1 Å². The summed E-state index contributed by atoms with van der Waals surface area (Å²) in [5.74, 6) is 0. The van der Waals surface area contributed by atoms with Gasteiger partial charge < -0.3 is 0 Å². The van der Waals surface area contributed by atoms with Gasteiger partial charge in [0.2, 0.25) is 0 Å². The van der Waals surface area contributed by atoms with Gasteiger partial charge in [-0.2, -0.15) is 0 Å². The summed E-state index contributed by atoms with van der Waals surface area (Å²) in [4.78, 5) is 0. The van der Waals surface area contributed by atoms with Gasteiger partial charge >= 0.3 is 0 Å². The van der Waals surface area contributed by atoms with Gasteiger partial charge in [-0.25, -0.2) is 0 Å². The second-order valence-electron chi connectivity index (χ2n) is 4.96. The molecule has 0 aliphatic carbocycles. The Morgan fingerprint density at radius 1 is 0.889 bits per heavy atom. The van der Waals surface area contributed by atoms with E-state index in [2.05, 4.69) is 74.6 Å². The Bertz CT molecular complexity index is 598. The van der Waals surface area contributed by atoms with E-state index in [0.29, 0.717) is 0 Å². The van der Waals surface area contributed by atoms with Gasteiger partial charge in [0.1, 0.15) is 11.4 Å². The van der Waals surface area contributed by atoms with Gasteiger partial charge in [0.25, 0.3) is 0 Å². The van der Waals surface area contributed by atoms with Crippen molar-refractivity contribution >= 4 is 17.5 Å². The first kappa shape index (κ1) is 11.2. The number of benzene rings is 2. The van der Waals surface area contributed by atoms with E-state index < -0.39 is 0 Å². The minimum atomic E-state index is 0.889. The molecule has 1 nitrogen and oxygen atoms in total. The highest BCUT2D eigenvalue weighted by Crippen LogP contribution is 2.42. The van der Waals surface area contributed by atoms with Crippen molar-refractivity contribution in [1.29, 1.82) is 0 Å². The van der Waals surface area contributed by atoms with Crippen molar-refractivity contribution in [2.45, 2.75) is 6.92 Å². The van der Waals surface area contributed by atoms with Crippen LogP contribution in [0.2, 0.25) is 0 Å². The topological polar surface area (TPSA) is 0 Å². The van der Waals surface area contributed by atoms with Crippen molar-refractivity contribution < 1.29 is 0 Å². The Balaban J connectivity index is 2.18. The van der Waals surface area contributed by atoms with E-state index in [1.54, 1.807) is 0 Å². The van der Waals surface area contributed by atoms with Gasteiger partial charge in [0.05, 0.1) is 13.6 Å². The Hall–Kier alpha value is -1.86. The largest absolute Gasteiger partial charge is 0.260 e. The first-order valence-electron chi connectivity index (χ1n) is 6.48. The maximum Gasteiger partial charge on any atom is 0.145 e. The van der Waals surface area contributed by atoms with E-state index in [9.17, 15) is 0 Å². The van der Waals surface area contributed by atoms with Gasteiger partial charge in [0.15, 0.2) is 0 Å². The van der Waals surface area contributed by atoms with E-state index in [4.69, 9.17) is 0 Å². The van der Waals surface area contributed by atoms with Crippen LogP contribution in [-0.4, -0.2) is 13.6 Å². The molecule has 2 aromatic rings. The molecule has 2 aromatic carbocycles. The molecule has 0 aromatic heterocycles. The van der Waals surface area contributed by atoms with Crippen LogP contribution in [0.25, 0.3) is 11.8 Å². The highest BCUT2D eigenvalue weighted by molar-refractivity contribution is 5.95. The van der Waals surface area contributed by atoms with Crippen molar-refractivity contribution in [1.82, 2.24) is 4.48 Å². The molecular formula is C17H18N+. The summed E-state index contributed by atoms with van der Waals surface area (Å²) < 4.78 is 0.889. The maximum absolute atomic E-state index is 2.33. The van der Waals surface area contributed by atoms with Crippen LogP contribution in [0.4, 0.5) is 5.69 Å². The Labute approximate surface area is 109 Å². The first-order chi connectivity index (χ1) is 8.75. The normalized spacial score (nSPS) is 21.6. The first-order valence-corrected chi connectivity index (χ1v) is 6.48. The van der Waals surface area contributed by atoms with Crippen molar-refractivity contribution in [3.63, 3.8) is 0 Å². The Morgan fingerprint density at radius 3 is 2.28 bits per heavy atom. The van der Waals surface area contributed by atoms with Crippen molar-refractivity contribution in [3.8, 4) is 0 Å². The SMILES string of the molecule is CC[N+]1(C)C(c2ccccc2)=Cc2ccccc21. The van der Waals surface area contributed by atoms with Crippen LogP contribution >= 0.6 is 0 Å². The lowest BCUT2D eigenvalue weighted by atomic mass is 10.1. The Kier molecular flexibility index (Phi) is 2.57. The van der Waals surface area contributed by atoms with E-state index in [0.717, 1.165) is 11.0 Å². The highest BCUT2D eigenvalue weighted by Gasteiger charge is 2.36. The zero-order valence-corrected chi connectivity index (χ0v) is 10.9. The predicted molar refractivity (Wildman–Crippen MR) is 79.0 cm³/mol. The molecule has 0 amide bonds. The average Bonchev–Trinajstić information content (AvgIpc) is 2.74. The summed E-state index contributed by atoms with van der Waals surface area (Å²) in [6.45, 7) is 3.32. The zero-order valence-electron chi connectivity index (χ0n) is 10.9. The molecule has 0 N–H and O–H groups in total. The van der Waals surface area contributed by atoms with Crippen LogP contribution in [0, 0.1) is 0 Å². The summed E-state index contributed by atoms with van der Waals surface area (Å²) in [5, 5.41) is 0. The second kappa shape index (κ2) is 4.11. The number of hydrogen-bond donors (Lipinski definition) is 0. The van der Waals surface area contributed by atoms with E-state index in [-0.39, 0.29) is 0 Å². The number of para-hydroxylation sites is 1. The molecule has 1 aliphatic heterocycles.